The first kappa shape index (κ1) is 25.7. The fourth-order valence-corrected chi connectivity index (χ4v) is 5.37. The van der Waals surface area contributed by atoms with Crippen molar-refractivity contribution in [3.8, 4) is 0 Å². The maximum Gasteiger partial charge on any atom is 0.348 e. The van der Waals surface area contributed by atoms with Crippen LogP contribution in [0.3, 0.4) is 0 Å². The van der Waals surface area contributed by atoms with Crippen molar-refractivity contribution in [3.05, 3.63) is 39.4 Å². The Morgan fingerprint density at radius 1 is 1.14 bits per heavy atom. The predicted molar refractivity (Wildman–Crippen MR) is 132 cm³/mol. The van der Waals surface area contributed by atoms with E-state index in [0.717, 1.165) is 32.1 Å². The molecule has 10 heteroatoms. The fraction of sp³-hybridized carbons (Fsp3) is 0.577. The largest absolute Gasteiger partial charge is 0.419 e. The number of nitrogens with zero attached hydrogens (tertiary/aromatic N) is 3. The van der Waals surface area contributed by atoms with E-state index in [0.29, 0.717) is 50.3 Å². The molecule has 0 aromatic heterocycles. The summed E-state index contributed by atoms with van der Waals surface area (Å²) in [6.07, 6.45) is 6.38. The smallest absolute Gasteiger partial charge is 0.348 e. The quantitative estimate of drug-likeness (QED) is 0.190. The summed E-state index contributed by atoms with van der Waals surface area (Å²) in [4.78, 5) is 53.5. The lowest BCUT2D eigenvalue weighted by molar-refractivity contribution is -0.384. The number of nitro benzene ring substituents is 1. The van der Waals surface area contributed by atoms with Crippen LogP contribution in [0.4, 0.5) is 11.4 Å². The Labute approximate surface area is 210 Å². The molecule has 0 radical (unpaired) electrons. The minimum Gasteiger partial charge on any atom is -0.419 e. The molecule has 1 aromatic carbocycles. The number of hydrogen-bond donors (Lipinski definition) is 0. The zero-order valence-corrected chi connectivity index (χ0v) is 20.9. The van der Waals surface area contributed by atoms with E-state index in [-0.39, 0.29) is 23.1 Å². The van der Waals surface area contributed by atoms with Crippen molar-refractivity contribution in [2.75, 3.05) is 31.1 Å². The van der Waals surface area contributed by atoms with Crippen molar-refractivity contribution in [2.45, 2.75) is 64.6 Å². The number of non-ortho nitro benzene ring substituents is 1. The first-order chi connectivity index (χ1) is 17.3. The van der Waals surface area contributed by atoms with E-state index in [2.05, 4.69) is 0 Å². The molecule has 1 aromatic rings. The van der Waals surface area contributed by atoms with Gasteiger partial charge in [0.15, 0.2) is 0 Å². The summed E-state index contributed by atoms with van der Waals surface area (Å²) in [5, 5.41) is 11.5. The van der Waals surface area contributed by atoms with Gasteiger partial charge in [-0.2, -0.15) is 0 Å². The number of benzene rings is 1. The summed E-state index contributed by atoms with van der Waals surface area (Å²) in [5.41, 5.74) is 0.493. The molecule has 2 saturated heterocycles. The van der Waals surface area contributed by atoms with Crippen LogP contribution in [0.1, 0.15) is 64.4 Å². The Morgan fingerprint density at radius 2 is 1.81 bits per heavy atom. The van der Waals surface area contributed by atoms with Crippen LogP contribution in [-0.4, -0.2) is 59.6 Å². The average molecular weight is 500 g/mol. The maximum absolute atomic E-state index is 13.0. The Balaban J connectivity index is 1.65. The van der Waals surface area contributed by atoms with E-state index in [1.807, 2.05) is 23.6 Å². The molecule has 0 N–H and O–H groups in total. The van der Waals surface area contributed by atoms with E-state index < -0.39 is 22.6 Å². The molecular formula is C26H33N3O7. The zero-order chi connectivity index (χ0) is 25.9. The summed E-state index contributed by atoms with van der Waals surface area (Å²) in [6.45, 7) is 6.25. The number of rotatable bonds is 6. The molecule has 3 fully saturated rings. The molecule has 1 saturated carbocycles. The van der Waals surface area contributed by atoms with Gasteiger partial charge >= 0.3 is 11.9 Å². The third-order valence-corrected chi connectivity index (χ3v) is 7.32. The lowest BCUT2D eigenvalue weighted by Gasteiger charge is -2.39. The van der Waals surface area contributed by atoms with Gasteiger partial charge in [0.1, 0.15) is 5.57 Å². The molecular weight excluding hydrogens is 466 g/mol. The Hall–Kier alpha value is -3.43. The summed E-state index contributed by atoms with van der Waals surface area (Å²) >= 11 is 0. The number of ether oxygens (including phenoxy) is 2. The number of piperidine rings is 1. The van der Waals surface area contributed by atoms with Crippen LogP contribution >= 0.6 is 0 Å². The van der Waals surface area contributed by atoms with Gasteiger partial charge in [0.2, 0.25) is 5.91 Å². The highest BCUT2D eigenvalue weighted by molar-refractivity contribution is 6.19. The van der Waals surface area contributed by atoms with Crippen LogP contribution < -0.4 is 4.90 Å². The number of esters is 2. The SMILES string of the molecule is CCN(CC)C(=O)[C@H]1CCCN(c2ccc([N+](=O)[O-])cc2C=C2C(=O)OC3(CCCCC3)OC2=O)C1. The van der Waals surface area contributed by atoms with Gasteiger partial charge in [0.05, 0.1) is 10.8 Å². The number of carbonyl (C=O) groups is 3. The average Bonchev–Trinajstić information content (AvgIpc) is 2.87. The first-order valence-corrected chi connectivity index (χ1v) is 12.8. The van der Waals surface area contributed by atoms with Gasteiger partial charge in [-0.3, -0.25) is 14.9 Å². The van der Waals surface area contributed by atoms with Crippen LogP contribution in [0.5, 0.6) is 0 Å². The Kier molecular flexibility index (Phi) is 7.61. The topological polar surface area (TPSA) is 119 Å². The Morgan fingerprint density at radius 3 is 2.42 bits per heavy atom. The van der Waals surface area contributed by atoms with Crippen molar-refractivity contribution in [1.29, 1.82) is 0 Å². The van der Waals surface area contributed by atoms with Gasteiger partial charge in [-0.15, -0.1) is 0 Å². The third kappa shape index (κ3) is 5.22. The monoisotopic (exact) mass is 499 g/mol. The van der Waals surface area contributed by atoms with Crippen LogP contribution in [0, 0.1) is 16.0 Å². The summed E-state index contributed by atoms with van der Waals surface area (Å²) in [6, 6.07) is 4.34. The van der Waals surface area contributed by atoms with E-state index in [1.54, 1.807) is 6.07 Å². The van der Waals surface area contributed by atoms with Crippen molar-refractivity contribution in [1.82, 2.24) is 4.90 Å². The molecule has 1 atom stereocenters. The highest BCUT2D eigenvalue weighted by Gasteiger charge is 2.46. The lowest BCUT2D eigenvalue weighted by atomic mass is 9.93. The van der Waals surface area contributed by atoms with Crippen molar-refractivity contribution in [2.24, 2.45) is 5.92 Å². The number of amides is 1. The molecule has 3 aliphatic rings. The van der Waals surface area contributed by atoms with Crippen LogP contribution in [0.2, 0.25) is 0 Å². The van der Waals surface area contributed by atoms with Crippen molar-refractivity contribution >= 4 is 35.3 Å². The van der Waals surface area contributed by atoms with Crippen LogP contribution in [0.25, 0.3) is 6.08 Å². The summed E-state index contributed by atoms with van der Waals surface area (Å²) < 4.78 is 11.2. The number of anilines is 1. The second-order valence-electron chi connectivity index (χ2n) is 9.60. The molecule has 0 unspecified atom stereocenters. The van der Waals surface area contributed by atoms with E-state index in [4.69, 9.17) is 9.47 Å². The zero-order valence-electron chi connectivity index (χ0n) is 20.9. The normalized spacial score (nSPS) is 21.6. The molecule has 1 amide bonds. The standard InChI is InChI=1S/C26H33N3O7/c1-3-27(4-2)23(30)18-9-8-14-28(17-18)22-11-10-20(29(33)34)15-19(22)16-21-24(31)35-26(36-25(21)32)12-6-5-7-13-26/h10-11,15-16,18H,3-9,12-14,17H2,1-2H3/t18-/m0/s1. The van der Waals surface area contributed by atoms with Gasteiger partial charge in [0, 0.05) is 62.4 Å². The Bertz CT molecular complexity index is 1050. The lowest BCUT2D eigenvalue weighted by Crippen LogP contribution is -2.47. The van der Waals surface area contributed by atoms with E-state index >= 15 is 0 Å². The van der Waals surface area contributed by atoms with Crippen LogP contribution in [0.15, 0.2) is 23.8 Å². The molecule has 0 bridgehead atoms. The molecule has 1 spiro atoms. The fourth-order valence-electron chi connectivity index (χ4n) is 5.37. The van der Waals surface area contributed by atoms with Crippen molar-refractivity contribution < 1.29 is 28.8 Å². The van der Waals surface area contributed by atoms with Gasteiger partial charge in [-0.1, -0.05) is 6.42 Å². The molecule has 1 aliphatic carbocycles. The highest BCUT2D eigenvalue weighted by atomic mass is 16.7. The van der Waals surface area contributed by atoms with Crippen molar-refractivity contribution in [3.63, 3.8) is 0 Å². The molecule has 194 valence electrons. The third-order valence-electron chi connectivity index (χ3n) is 7.32. The maximum atomic E-state index is 13.0. The number of nitro groups is 1. The molecule has 4 rings (SSSR count). The van der Waals surface area contributed by atoms with E-state index in [9.17, 15) is 24.5 Å². The van der Waals surface area contributed by atoms with Crippen LogP contribution in [-0.2, 0) is 23.9 Å². The number of hydrogen-bond acceptors (Lipinski definition) is 8. The first-order valence-electron chi connectivity index (χ1n) is 12.8. The molecule has 2 heterocycles. The summed E-state index contributed by atoms with van der Waals surface area (Å²) in [5.74, 6) is -2.88. The van der Waals surface area contributed by atoms with Gasteiger partial charge < -0.3 is 19.3 Å². The second-order valence-corrected chi connectivity index (χ2v) is 9.60. The second kappa shape index (κ2) is 10.7. The van der Waals surface area contributed by atoms with E-state index in [1.165, 1.54) is 18.2 Å². The minimum atomic E-state index is -1.21. The van der Waals surface area contributed by atoms with Gasteiger partial charge in [-0.25, -0.2) is 9.59 Å². The highest BCUT2D eigenvalue weighted by Crippen LogP contribution is 2.38. The molecule has 10 nitrogen and oxygen atoms in total. The molecule has 2 aliphatic heterocycles. The van der Waals surface area contributed by atoms with Gasteiger partial charge in [0.25, 0.3) is 11.5 Å². The van der Waals surface area contributed by atoms with Gasteiger partial charge in [-0.05, 0) is 51.7 Å². The predicted octanol–water partition coefficient (Wildman–Crippen LogP) is 3.82. The summed E-state index contributed by atoms with van der Waals surface area (Å²) in [7, 11) is 0. The minimum absolute atomic E-state index is 0.0868. The molecule has 36 heavy (non-hydrogen) atoms. The number of carbonyl (C=O) groups excluding carboxylic acids is 3.